The van der Waals surface area contributed by atoms with E-state index in [4.69, 9.17) is 39.8 Å². The number of rotatable bonds is 4. The van der Waals surface area contributed by atoms with Gasteiger partial charge in [0, 0.05) is 17.3 Å². The number of halogens is 3. The van der Waals surface area contributed by atoms with Crippen LogP contribution < -0.4 is 0 Å². The fraction of sp³-hybridized carbons (Fsp3) is 0.316. The van der Waals surface area contributed by atoms with Crippen molar-refractivity contribution in [2.75, 3.05) is 11.5 Å². The molecule has 2 heterocycles. The van der Waals surface area contributed by atoms with E-state index in [1.807, 2.05) is 36.4 Å². The Hall–Kier alpha value is -0.920. The highest BCUT2D eigenvalue weighted by atomic mass is 35.5. The van der Waals surface area contributed by atoms with Gasteiger partial charge >= 0.3 is 0 Å². The van der Waals surface area contributed by atoms with Gasteiger partial charge in [0.2, 0.25) is 0 Å². The Morgan fingerprint density at radius 3 is 2.43 bits per heavy atom. The topological polar surface area (TPSA) is 49.7 Å². The van der Waals surface area contributed by atoms with Crippen molar-refractivity contribution in [1.82, 2.24) is 4.90 Å². The van der Waals surface area contributed by atoms with Gasteiger partial charge in [-0.1, -0.05) is 64.8 Å². The van der Waals surface area contributed by atoms with E-state index in [1.54, 1.807) is 17.8 Å². The third kappa shape index (κ3) is 4.46. The zero-order valence-corrected chi connectivity index (χ0v) is 18.6. The lowest BCUT2D eigenvalue weighted by Gasteiger charge is -2.26. The van der Waals surface area contributed by atoms with Gasteiger partial charge in [0.15, 0.2) is 15.0 Å². The molecular weight excluding hydrogens is 459 g/mol. The molecule has 0 spiro atoms. The van der Waals surface area contributed by atoms with E-state index < -0.39 is 9.84 Å². The Labute approximate surface area is 183 Å². The van der Waals surface area contributed by atoms with Gasteiger partial charge in [-0.2, -0.15) is 0 Å². The summed E-state index contributed by atoms with van der Waals surface area (Å²) in [5.74, 6) is 0.941. The molecule has 0 aromatic heterocycles. The molecule has 0 radical (unpaired) electrons. The van der Waals surface area contributed by atoms with Crippen LogP contribution in [-0.4, -0.2) is 42.1 Å². The third-order valence-corrected chi connectivity index (χ3v) is 8.60. The molecule has 0 N–H and O–H groups in total. The van der Waals surface area contributed by atoms with Gasteiger partial charge in [-0.15, -0.1) is 0 Å². The molecule has 0 unspecified atom stereocenters. The summed E-state index contributed by atoms with van der Waals surface area (Å²) in [5.41, 5.74) is 2.11. The third-order valence-electron chi connectivity index (χ3n) is 4.83. The van der Waals surface area contributed by atoms with E-state index >= 15 is 0 Å². The molecule has 2 aromatic rings. The van der Waals surface area contributed by atoms with E-state index in [9.17, 15) is 8.42 Å². The molecule has 0 amide bonds. The van der Waals surface area contributed by atoms with Crippen LogP contribution in [0.3, 0.4) is 0 Å². The quantitative estimate of drug-likeness (QED) is 0.630. The van der Waals surface area contributed by atoms with Crippen LogP contribution in [0.1, 0.15) is 11.1 Å². The SMILES string of the molecule is O=S1(=O)C[C@@H]2[C@@H](C1)N=C(SCc1ccc(Cl)c(Cl)c1)N2Cc1ccc(Cl)cc1. The van der Waals surface area contributed by atoms with Crippen molar-refractivity contribution < 1.29 is 8.42 Å². The van der Waals surface area contributed by atoms with Gasteiger partial charge in [0.05, 0.1) is 33.6 Å². The predicted molar refractivity (Wildman–Crippen MR) is 118 cm³/mol. The maximum absolute atomic E-state index is 12.1. The van der Waals surface area contributed by atoms with E-state index in [0.29, 0.717) is 27.4 Å². The standard InChI is InChI=1S/C19H17Cl3N2O2S2/c20-14-4-1-12(2-5-14)8-24-18-11-28(25,26)10-17(18)23-19(24)27-9-13-3-6-15(21)16(22)7-13/h1-7,17-18H,8-11H2/t17-,18-/m1/s1. The Morgan fingerprint density at radius 2 is 1.71 bits per heavy atom. The van der Waals surface area contributed by atoms with Gasteiger partial charge < -0.3 is 4.90 Å². The minimum absolute atomic E-state index is 0.114. The number of sulfone groups is 1. The molecule has 9 heteroatoms. The van der Waals surface area contributed by atoms with Crippen molar-refractivity contribution in [2.24, 2.45) is 4.99 Å². The molecule has 0 aliphatic carbocycles. The van der Waals surface area contributed by atoms with E-state index in [1.165, 1.54) is 0 Å². The predicted octanol–water partition coefficient (Wildman–Crippen LogP) is 4.92. The summed E-state index contributed by atoms with van der Waals surface area (Å²) in [6.45, 7) is 0.598. The second-order valence-electron chi connectivity index (χ2n) is 6.91. The molecule has 2 aliphatic rings. The van der Waals surface area contributed by atoms with Crippen molar-refractivity contribution in [3.63, 3.8) is 0 Å². The van der Waals surface area contributed by atoms with Gasteiger partial charge in [0.25, 0.3) is 0 Å². The molecule has 4 rings (SSSR count). The molecular formula is C19H17Cl3N2O2S2. The molecule has 1 fully saturated rings. The molecule has 2 aliphatic heterocycles. The number of amidine groups is 1. The van der Waals surface area contributed by atoms with Gasteiger partial charge in [-0.05, 0) is 35.4 Å². The van der Waals surface area contributed by atoms with Crippen molar-refractivity contribution in [1.29, 1.82) is 0 Å². The largest absolute Gasteiger partial charge is 0.341 e. The van der Waals surface area contributed by atoms with Gasteiger partial charge in [-0.25, -0.2) is 8.42 Å². The highest BCUT2D eigenvalue weighted by Gasteiger charge is 2.46. The molecule has 0 bridgehead atoms. The smallest absolute Gasteiger partial charge is 0.160 e. The van der Waals surface area contributed by atoms with Gasteiger partial charge in [-0.3, -0.25) is 4.99 Å². The second kappa shape index (κ2) is 8.07. The number of benzene rings is 2. The van der Waals surface area contributed by atoms with Crippen molar-refractivity contribution in [2.45, 2.75) is 24.4 Å². The number of thioether (sulfide) groups is 1. The number of aliphatic imine (C=N–C) groups is 1. The molecule has 0 saturated carbocycles. The molecule has 4 nitrogen and oxygen atoms in total. The number of hydrogen-bond acceptors (Lipinski definition) is 5. The van der Waals surface area contributed by atoms with Crippen LogP contribution in [-0.2, 0) is 22.1 Å². The number of fused-ring (bicyclic) bond motifs is 1. The fourth-order valence-corrected chi connectivity index (χ4v) is 6.83. The Kier molecular flexibility index (Phi) is 5.87. The molecule has 2 atom stereocenters. The highest BCUT2D eigenvalue weighted by Crippen LogP contribution is 2.34. The summed E-state index contributed by atoms with van der Waals surface area (Å²) < 4.78 is 24.2. The maximum atomic E-state index is 12.1. The first-order valence-electron chi connectivity index (χ1n) is 8.67. The van der Waals surface area contributed by atoms with E-state index in [2.05, 4.69) is 4.90 Å². The Morgan fingerprint density at radius 1 is 1.00 bits per heavy atom. The molecule has 28 heavy (non-hydrogen) atoms. The van der Waals surface area contributed by atoms with Crippen LogP contribution in [0.25, 0.3) is 0 Å². The fourth-order valence-electron chi connectivity index (χ4n) is 3.46. The van der Waals surface area contributed by atoms with Crippen LogP contribution >= 0.6 is 46.6 Å². The van der Waals surface area contributed by atoms with Crippen LogP contribution in [0, 0.1) is 0 Å². The van der Waals surface area contributed by atoms with Crippen LogP contribution in [0.2, 0.25) is 15.1 Å². The second-order valence-corrected chi connectivity index (χ2v) is 11.3. The van der Waals surface area contributed by atoms with Crippen molar-refractivity contribution >= 4 is 61.6 Å². The summed E-state index contributed by atoms with van der Waals surface area (Å²) in [7, 11) is -3.05. The average molecular weight is 476 g/mol. The summed E-state index contributed by atoms with van der Waals surface area (Å²) >= 11 is 19.7. The monoisotopic (exact) mass is 474 g/mol. The van der Waals surface area contributed by atoms with Gasteiger partial charge in [0.1, 0.15) is 0 Å². The first-order valence-corrected chi connectivity index (χ1v) is 12.6. The lowest BCUT2D eigenvalue weighted by atomic mass is 10.1. The molecule has 148 valence electrons. The lowest BCUT2D eigenvalue weighted by Crippen LogP contribution is -2.38. The maximum Gasteiger partial charge on any atom is 0.160 e. The number of nitrogens with zero attached hydrogens (tertiary/aromatic N) is 2. The first-order chi connectivity index (χ1) is 13.3. The summed E-state index contributed by atoms with van der Waals surface area (Å²) in [4.78, 5) is 6.85. The highest BCUT2D eigenvalue weighted by molar-refractivity contribution is 8.13. The van der Waals surface area contributed by atoms with Crippen LogP contribution in [0.15, 0.2) is 47.5 Å². The summed E-state index contributed by atoms with van der Waals surface area (Å²) in [6, 6.07) is 12.9. The minimum atomic E-state index is -3.05. The Balaban J connectivity index is 1.54. The lowest BCUT2D eigenvalue weighted by molar-refractivity contribution is 0.343. The molecule has 1 saturated heterocycles. The van der Waals surface area contributed by atoms with Crippen LogP contribution in [0.4, 0.5) is 0 Å². The average Bonchev–Trinajstić information content (AvgIpc) is 3.10. The van der Waals surface area contributed by atoms with E-state index in [0.717, 1.165) is 16.3 Å². The summed E-state index contributed by atoms with van der Waals surface area (Å²) in [5, 5.41) is 2.59. The minimum Gasteiger partial charge on any atom is -0.341 e. The summed E-state index contributed by atoms with van der Waals surface area (Å²) in [6.07, 6.45) is 0. The number of hydrogen-bond donors (Lipinski definition) is 0. The van der Waals surface area contributed by atoms with Crippen molar-refractivity contribution in [3.8, 4) is 0 Å². The molecule has 2 aromatic carbocycles. The van der Waals surface area contributed by atoms with Crippen molar-refractivity contribution in [3.05, 3.63) is 68.7 Å². The zero-order valence-electron chi connectivity index (χ0n) is 14.7. The van der Waals surface area contributed by atoms with Crippen LogP contribution in [0.5, 0.6) is 0 Å². The Bertz CT molecular complexity index is 1030. The normalized spacial score (nSPS) is 23.0. The zero-order chi connectivity index (χ0) is 19.9. The first kappa shape index (κ1) is 20.4. The van der Waals surface area contributed by atoms with E-state index in [-0.39, 0.29) is 23.6 Å².